The van der Waals surface area contributed by atoms with E-state index in [4.69, 9.17) is 11.6 Å². The lowest BCUT2D eigenvalue weighted by molar-refractivity contribution is 0.488. The van der Waals surface area contributed by atoms with Crippen LogP contribution in [0.5, 0.6) is 0 Å². The Hall–Kier alpha value is -0.280. The van der Waals surface area contributed by atoms with Crippen molar-refractivity contribution in [2.45, 2.75) is 31.2 Å². The van der Waals surface area contributed by atoms with Crippen molar-refractivity contribution in [1.29, 1.82) is 0 Å². The lowest BCUT2D eigenvalue weighted by atomic mass is 10.0. The van der Waals surface area contributed by atoms with Crippen molar-refractivity contribution in [1.82, 2.24) is 4.98 Å². The van der Waals surface area contributed by atoms with Crippen LogP contribution in [0.2, 0.25) is 0 Å². The summed E-state index contributed by atoms with van der Waals surface area (Å²) in [5.41, 5.74) is 0. The van der Waals surface area contributed by atoms with Crippen LogP contribution in [0, 0.1) is 0 Å². The van der Waals surface area contributed by atoms with Gasteiger partial charge in [0.1, 0.15) is 5.82 Å². The first-order valence-corrected chi connectivity index (χ1v) is 6.43. The Morgan fingerprint density at radius 1 is 1.53 bits per heavy atom. The number of pyridine rings is 1. The molecule has 1 aliphatic rings. The SMILES string of the molecule is CC1C(Cl)CCCN1c1ccc(Br)cn1. The number of piperidine rings is 1. The minimum absolute atomic E-state index is 0.240. The van der Waals surface area contributed by atoms with E-state index >= 15 is 0 Å². The number of hydrogen-bond donors (Lipinski definition) is 0. The second-order valence-electron chi connectivity index (χ2n) is 3.93. The summed E-state index contributed by atoms with van der Waals surface area (Å²) in [5.74, 6) is 1.02. The molecular weight excluding hydrogens is 275 g/mol. The molecule has 0 amide bonds. The Balaban J connectivity index is 2.18. The van der Waals surface area contributed by atoms with Gasteiger partial charge in [-0.25, -0.2) is 4.98 Å². The van der Waals surface area contributed by atoms with Crippen LogP contribution in [0.4, 0.5) is 5.82 Å². The molecular formula is C11H14BrClN2. The van der Waals surface area contributed by atoms with Crippen molar-refractivity contribution in [3.05, 3.63) is 22.8 Å². The number of aromatic nitrogens is 1. The Kier molecular flexibility index (Phi) is 3.52. The van der Waals surface area contributed by atoms with Crippen LogP contribution < -0.4 is 4.90 Å². The minimum Gasteiger partial charge on any atom is -0.352 e. The third-order valence-electron chi connectivity index (χ3n) is 2.90. The van der Waals surface area contributed by atoms with E-state index in [0.29, 0.717) is 6.04 Å². The third kappa shape index (κ3) is 2.45. The molecule has 2 atom stereocenters. The zero-order chi connectivity index (χ0) is 10.8. The second kappa shape index (κ2) is 4.71. The summed E-state index contributed by atoms with van der Waals surface area (Å²) in [4.78, 5) is 6.69. The van der Waals surface area contributed by atoms with Gasteiger partial charge in [-0.3, -0.25) is 0 Å². The first kappa shape index (κ1) is 11.2. The molecule has 2 heterocycles. The zero-order valence-electron chi connectivity index (χ0n) is 8.66. The zero-order valence-corrected chi connectivity index (χ0v) is 11.0. The van der Waals surface area contributed by atoms with Crippen LogP contribution in [-0.2, 0) is 0 Å². The highest BCUT2D eigenvalue weighted by Gasteiger charge is 2.26. The Morgan fingerprint density at radius 2 is 2.33 bits per heavy atom. The lowest BCUT2D eigenvalue weighted by Crippen LogP contribution is -2.44. The molecule has 1 aromatic heterocycles. The Morgan fingerprint density at radius 3 is 3.00 bits per heavy atom. The fraction of sp³-hybridized carbons (Fsp3) is 0.545. The molecule has 0 bridgehead atoms. The first-order valence-electron chi connectivity index (χ1n) is 5.21. The summed E-state index contributed by atoms with van der Waals surface area (Å²) in [6.07, 6.45) is 4.09. The largest absolute Gasteiger partial charge is 0.352 e. The molecule has 0 saturated carbocycles. The number of anilines is 1. The number of rotatable bonds is 1. The third-order valence-corrected chi connectivity index (χ3v) is 3.95. The first-order chi connectivity index (χ1) is 7.18. The molecule has 1 aliphatic heterocycles. The fourth-order valence-electron chi connectivity index (χ4n) is 1.96. The quantitative estimate of drug-likeness (QED) is 0.736. The number of hydrogen-bond acceptors (Lipinski definition) is 2. The molecule has 1 aromatic rings. The van der Waals surface area contributed by atoms with Gasteiger partial charge >= 0.3 is 0 Å². The second-order valence-corrected chi connectivity index (χ2v) is 5.40. The predicted octanol–water partition coefficient (Wildman–Crippen LogP) is 3.44. The van der Waals surface area contributed by atoms with Gasteiger partial charge in [-0.1, -0.05) is 0 Å². The average molecular weight is 290 g/mol. The van der Waals surface area contributed by atoms with Gasteiger partial charge < -0.3 is 4.90 Å². The molecule has 1 saturated heterocycles. The molecule has 0 N–H and O–H groups in total. The lowest BCUT2D eigenvalue weighted by Gasteiger charge is -2.37. The fourth-order valence-corrected chi connectivity index (χ4v) is 2.48. The average Bonchev–Trinajstić information content (AvgIpc) is 2.24. The van der Waals surface area contributed by atoms with E-state index < -0.39 is 0 Å². The molecule has 2 unspecified atom stereocenters. The van der Waals surface area contributed by atoms with E-state index in [0.717, 1.165) is 29.7 Å². The molecule has 15 heavy (non-hydrogen) atoms. The van der Waals surface area contributed by atoms with Gasteiger partial charge in [0, 0.05) is 23.3 Å². The van der Waals surface area contributed by atoms with Crippen LogP contribution >= 0.6 is 27.5 Å². The van der Waals surface area contributed by atoms with Crippen LogP contribution in [0.3, 0.4) is 0 Å². The highest BCUT2D eigenvalue weighted by Crippen LogP contribution is 2.26. The predicted molar refractivity (Wildman–Crippen MR) is 67.6 cm³/mol. The van der Waals surface area contributed by atoms with Crippen molar-refractivity contribution in [3.8, 4) is 0 Å². The Labute approximate surface area is 104 Å². The molecule has 2 nitrogen and oxygen atoms in total. The van der Waals surface area contributed by atoms with E-state index in [1.807, 2.05) is 18.3 Å². The van der Waals surface area contributed by atoms with Crippen molar-refractivity contribution in [2.24, 2.45) is 0 Å². The summed E-state index contributed by atoms with van der Waals surface area (Å²) in [6.45, 7) is 3.22. The number of alkyl halides is 1. The number of halogens is 2. The molecule has 0 radical (unpaired) electrons. The van der Waals surface area contributed by atoms with Crippen LogP contribution in [-0.4, -0.2) is 22.9 Å². The summed E-state index contributed by atoms with van der Waals surface area (Å²) in [5, 5.41) is 0.240. The van der Waals surface area contributed by atoms with E-state index in [1.54, 1.807) is 0 Å². The maximum absolute atomic E-state index is 6.26. The molecule has 0 aromatic carbocycles. The summed E-state index contributed by atoms with van der Waals surface area (Å²) in [6, 6.07) is 4.43. The number of nitrogens with zero attached hydrogens (tertiary/aromatic N) is 2. The van der Waals surface area contributed by atoms with Crippen LogP contribution in [0.15, 0.2) is 22.8 Å². The minimum atomic E-state index is 0.240. The molecule has 0 spiro atoms. The normalized spacial score (nSPS) is 26.7. The smallest absolute Gasteiger partial charge is 0.128 e. The van der Waals surface area contributed by atoms with Gasteiger partial charge in [0.25, 0.3) is 0 Å². The highest BCUT2D eigenvalue weighted by molar-refractivity contribution is 9.10. The van der Waals surface area contributed by atoms with Gasteiger partial charge in [-0.2, -0.15) is 0 Å². The van der Waals surface area contributed by atoms with Gasteiger partial charge in [-0.15, -0.1) is 11.6 Å². The van der Waals surface area contributed by atoms with E-state index in [1.165, 1.54) is 0 Å². The highest BCUT2D eigenvalue weighted by atomic mass is 79.9. The van der Waals surface area contributed by atoms with Gasteiger partial charge in [0.2, 0.25) is 0 Å². The standard InChI is InChI=1S/C11H14BrClN2/c1-8-10(13)3-2-6-15(8)11-5-4-9(12)7-14-11/h4-5,7-8,10H,2-3,6H2,1H3. The summed E-state index contributed by atoms with van der Waals surface area (Å²) < 4.78 is 1.01. The van der Waals surface area contributed by atoms with E-state index in [2.05, 4.69) is 32.7 Å². The summed E-state index contributed by atoms with van der Waals surface area (Å²) >= 11 is 9.65. The molecule has 1 fully saturated rings. The topological polar surface area (TPSA) is 16.1 Å². The maximum Gasteiger partial charge on any atom is 0.128 e. The molecule has 4 heteroatoms. The monoisotopic (exact) mass is 288 g/mol. The van der Waals surface area contributed by atoms with Gasteiger partial charge in [0.05, 0.1) is 5.38 Å². The van der Waals surface area contributed by atoms with Crippen molar-refractivity contribution in [2.75, 3.05) is 11.4 Å². The van der Waals surface area contributed by atoms with E-state index in [9.17, 15) is 0 Å². The Bertz CT molecular complexity index is 328. The van der Waals surface area contributed by atoms with Crippen LogP contribution in [0.25, 0.3) is 0 Å². The van der Waals surface area contributed by atoms with Gasteiger partial charge in [-0.05, 0) is 47.8 Å². The molecule has 0 aliphatic carbocycles. The van der Waals surface area contributed by atoms with Crippen LogP contribution in [0.1, 0.15) is 19.8 Å². The van der Waals surface area contributed by atoms with Gasteiger partial charge in [0.15, 0.2) is 0 Å². The molecule has 82 valence electrons. The van der Waals surface area contributed by atoms with E-state index in [-0.39, 0.29) is 5.38 Å². The van der Waals surface area contributed by atoms with Crippen molar-refractivity contribution < 1.29 is 0 Å². The maximum atomic E-state index is 6.26. The van der Waals surface area contributed by atoms with Crippen molar-refractivity contribution >= 4 is 33.3 Å². The van der Waals surface area contributed by atoms with Crippen molar-refractivity contribution in [3.63, 3.8) is 0 Å². The summed E-state index contributed by atoms with van der Waals surface area (Å²) in [7, 11) is 0. The molecule has 2 rings (SSSR count).